The number of amides is 1. The van der Waals surface area contributed by atoms with E-state index in [1.807, 2.05) is 6.92 Å². The Morgan fingerprint density at radius 2 is 2.05 bits per heavy atom. The van der Waals surface area contributed by atoms with E-state index in [2.05, 4.69) is 10.1 Å². The third kappa shape index (κ3) is 6.02. The number of carbonyl (C=O) groups excluding carboxylic acids is 1. The van der Waals surface area contributed by atoms with Crippen molar-refractivity contribution in [1.82, 2.24) is 5.32 Å². The molecule has 0 bridgehead atoms. The number of hydrogen-bond donors (Lipinski definition) is 2. The molecule has 5 nitrogen and oxygen atoms in total. The van der Waals surface area contributed by atoms with Crippen LogP contribution >= 0.6 is 0 Å². The van der Waals surface area contributed by atoms with E-state index in [4.69, 9.17) is 5.11 Å². The topological polar surface area (TPSA) is 75.6 Å². The van der Waals surface area contributed by atoms with E-state index in [9.17, 15) is 22.8 Å². The zero-order valence-electron chi connectivity index (χ0n) is 11.8. The van der Waals surface area contributed by atoms with E-state index in [0.29, 0.717) is 6.42 Å². The Bertz CT molecular complexity index is 531. The van der Waals surface area contributed by atoms with Crippen LogP contribution < -0.4 is 10.1 Å². The van der Waals surface area contributed by atoms with E-state index < -0.39 is 30.0 Å². The molecule has 0 saturated heterocycles. The van der Waals surface area contributed by atoms with Crippen LogP contribution in [0.2, 0.25) is 0 Å². The molecular formula is C14H16F3NO4. The van der Waals surface area contributed by atoms with Crippen molar-refractivity contribution in [3.05, 3.63) is 29.8 Å². The molecule has 0 spiro atoms. The minimum absolute atomic E-state index is 0.107. The Morgan fingerprint density at radius 1 is 1.36 bits per heavy atom. The van der Waals surface area contributed by atoms with Crippen LogP contribution in [0, 0.1) is 0 Å². The summed E-state index contributed by atoms with van der Waals surface area (Å²) in [5, 5.41) is 11.3. The molecule has 0 aromatic heterocycles. The van der Waals surface area contributed by atoms with Gasteiger partial charge in [0.2, 0.25) is 0 Å². The van der Waals surface area contributed by atoms with Gasteiger partial charge in [0, 0.05) is 5.56 Å². The highest BCUT2D eigenvalue weighted by atomic mass is 19.4. The van der Waals surface area contributed by atoms with Crippen molar-refractivity contribution in [3.63, 3.8) is 0 Å². The van der Waals surface area contributed by atoms with E-state index in [1.165, 1.54) is 12.1 Å². The molecule has 0 aliphatic heterocycles. The van der Waals surface area contributed by atoms with E-state index in [-0.39, 0.29) is 12.0 Å². The molecule has 1 rings (SSSR count). The lowest BCUT2D eigenvalue weighted by Crippen LogP contribution is -2.40. The summed E-state index contributed by atoms with van der Waals surface area (Å²) < 4.78 is 40.1. The Balaban J connectivity index is 2.79. The first-order valence-corrected chi connectivity index (χ1v) is 6.62. The number of alkyl halides is 3. The van der Waals surface area contributed by atoms with Gasteiger partial charge in [-0.1, -0.05) is 25.8 Å². The minimum atomic E-state index is -4.86. The molecule has 122 valence electrons. The molecule has 0 saturated carbocycles. The number of unbranched alkanes of at least 4 members (excludes halogenated alkanes) is 1. The molecule has 1 aromatic carbocycles. The van der Waals surface area contributed by atoms with E-state index >= 15 is 0 Å². The minimum Gasteiger partial charge on any atom is -0.480 e. The summed E-state index contributed by atoms with van der Waals surface area (Å²) in [7, 11) is 0. The molecule has 8 heteroatoms. The highest BCUT2D eigenvalue weighted by Crippen LogP contribution is 2.23. The quantitative estimate of drug-likeness (QED) is 0.810. The molecule has 0 fully saturated rings. The van der Waals surface area contributed by atoms with Crippen molar-refractivity contribution >= 4 is 11.9 Å². The summed E-state index contributed by atoms with van der Waals surface area (Å²) in [4.78, 5) is 23.0. The molecule has 0 unspecified atom stereocenters. The maximum absolute atomic E-state index is 12.1. The predicted molar refractivity (Wildman–Crippen MR) is 71.5 cm³/mol. The third-order valence-corrected chi connectivity index (χ3v) is 2.78. The number of carboxylic acid groups (broad SMARTS) is 1. The van der Waals surface area contributed by atoms with Gasteiger partial charge in [-0.25, -0.2) is 4.79 Å². The molecule has 0 heterocycles. The van der Waals surface area contributed by atoms with Crippen molar-refractivity contribution in [2.45, 2.75) is 38.6 Å². The lowest BCUT2D eigenvalue weighted by atomic mass is 10.1. The number of nitrogens with one attached hydrogen (secondary N) is 1. The first kappa shape index (κ1) is 17.8. The zero-order valence-corrected chi connectivity index (χ0v) is 11.8. The van der Waals surface area contributed by atoms with Crippen molar-refractivity contribution in [3.8, 4) is 5.75 Å². The van der Waals surface area contributed by atoms with Crippen LogP contribution in [0.3, 0.4) is 0 Å². The standard InChI is InChI=1S/C14H16F3NO4/c1-2-3-7-11(13(20)21)18-12(19)9-5-4-6-10(8-9)22-14(15,16)17/h4-6,8,11H,2-3,7H2,1H3,(H,18,19)(H,20,21)/t11-/m0/s1. The van der Waals surface area contributed by atoms with Gasteiger partial charge in [0.05, 0.1) is 0 Å². The van der Waals surface area contributed by atoms with Gasteiger partial charge in [0.25, 0.3) is 5.91 Å². The van der Waals surface area contributed by atoms with Crippen molar-refractivity contribution < 1.29 is 32.6 Å². The van der Waals surface area contributed by atoms with E-state index in [1.54, 1.807) is 0 Å². The fourth-order valence-electron chi connectivity index (χ4n) is 1.74. The Morgan fingerprint density at radius 3 is 2.59 bits per heavy atom. The van der Waals surface area contributed by atoms with Crippen LogP contribution in [0.4, 0.5) is 13.2 Å². The highest BCUT2D eigenvalue weighted by molar-refractivity contribution is 5.96. The Kier molecular flexibility index (Phi) is 6.21. The van der Waals surface area contributed by atoms with Crippen LogP contribution in [-0.4, -0.2) is 29.4 Å². The summed E-state index contributed by atoms with van der Waals surface area (Å²) in [6.07, 6.45) is -3.25. The lowest BCUT2D eigenvalue weighted by molar-refractivity contribution is -0.274. The maximum atomic E-state index is 12.1. The number of aliphatic carboxylic acids is 1. The second kappa shape index (κ2) is 7.67. The number of hydrogen-bond acceptors (Lipinski definition) is 3. The van der Waals surface area contributed by atoms with Crippen molar-refractivity contribution in [2.75, 3.05) is 0 Å². The van der Waals surface area contributed by atoms with Gasteiger partial charge in [0.15, 0.2) is 0 Å². The van der Waals surface area contributed by atoms with Gasteiger partial charge in [-0.2, -0.15) is 0 Å². The lowest BCUT2D eigenvalue weighted by Gasteiger charge is -2.15. The zero-order chi connectivity index (χ0) is 16.8. The number of carbonyl (C=O) groups is 2. The van der Waals surface area contributed by atoms with Gasteiger partial charge in [0.1, 0.15) is 11.8 Å². The predicted octanol–water partition coefficient (Wildman–Crippen LogP) is 2.96. The summed E-state index contributed by atoms with van der Waals surface area (Å²) in [5.41, 5.74) is -0.107. The maximum Gasteiger partial charge on any atom is 0.573 e. The summed E-state index contributed by atoms with van der Waals surface area (Å²) in [5.74, 6) is -2.50. The van der Waals surface area contributed by atoms with E-state index in [0.717, 1.165) is 18.6 Å². The average Bonchev–Trinajstić information content (AvgIpc) is 2.41. The normalized spacial score (nSPS) is 12.5. The van der Waals surface area contributed by atoms with Gasteiger partial charge < -0.3 is 15.2 Å². The van der Waals surface area contributed by atoms with Crippen LogP contribution in [0.5, 0.6) is 5.75 Å². The number of rotatable bonds is 7. The summed E-state index contributed by atoms with van der Waals surface area (Å²) >= 11 is 0. The number of ether oxygens (including phenoxy) is 1. The summed E-state index contributed by atoms with van der Waals surface area (Å²) in [6, 6.07) is 3.37. The Hall–Kier alpha value is -2.25. The van der Waals surface area contributed by atoms with Crippen LogP contribution in [0.25, 0.3) is 0 Å². The van der Waals surface area contributed by atoms with Gasteiger partial charge >= 0.3 is 12.3 Å². The Labute approximate surface area is 125 Å². The smallest absolute Gasteiger partial charge is 0.480 e. The van der Waals surface area contributed by atoms with Crippen LogP contribution in [0.15, 0.2) is 24.3 Å². The fraction of sp³-hybridized carbons (Fsp3) is 0.429. The van der Waals surface area contributed by atoms with Crippen LogP contribution in [0.1, 0.15) is 36.5 Å². The van der Waals surface area contributed by atoms with Gasteiger partial charge in [-0.05, 0) is 24.6 Å². The molecule has 0 radical (unpaired) electrons. The largest absolute Gasteiger partial charge is 0.573 e. The average molecular weight is 319 g/mol. The third-order valence-electron chi connectivity index (χ3n) is 2.78. The first-order chi connectivity index (χ1) is 10.2. The SMILES string of the molecule is CCCC[C@H](NC(=O)c1cccc(OC(F)(F)F)c1)C(=O)O. The van der Waals surface area contributed by atoms with Gasteiger partial charge in [-0.15, -0.1) is 13.2 Å². The molecule has 1 aromatic rings. The van der Waals surface area contributed by atoms with Crippen molar-refractivity contribution in [2.24, 2.45) is 0 Å². The molecule has 1 amide bonds. The first-order valence-electron chi connectivity index (χ1n) is 6.62. The molecular weight excluding hydrogens is 303 g/mol. The highest BCUT2D eigenvalue weighted by Gasteiger charge is 2.31. The molecule has 22 heavy (non-hydrogen) atoms. The van der Waals surface area contributed by atoms with Gasteiger partial charge in [-0.3, -0.25) is 4.79 Å². The molecule has 1 atom stereocenters. The second-order valence-electron chi connectivity index (χ2n) is 4.58. The molecule has 2 N–H and O–H groups in total. The fourth-order valence-corrected chi connectivity index (χ4v) is 1.74. The van der Waals surface area contributed by atoms with Crippen LogP contribution in [-0.2, 0) is 4.79 Å². The monoisotopic (exact) mass is 319 g/mol. The number of benzene rings is 1. The second-order valence-corrected chi connectivity index (χ2v) is 4.58. The summed E-state index contributed by atoms with van der Waals surface area (Å²) in [6.45, 7) is 1.87. The number of halogens is 3. The molecule has 0 aliphatic rings. The molecule has 0 aliphatic carbocycles. The number of carboxylic acids is 1. The van der Waals surface area contributed by atoms with Crippen molar-refractivity contribution in [1.29, 1.82) is 0 Å².